The minimum Gasteiger partial charge on any atom is -0.497 e. The summed E-state index contributed by atoms with van der Waals surface area (Å²) < 4.78 is 21.7. The van der Waals surface area contributed by atoms with E-state index >= 15 is 0 Å². The maximum atomic E-state index is 14.0. The first-order valence-electron chi connectivity index (χ1n) is 9.43. The fourth-order valence-corrected chi connectivity index (χ4v) is 4.01. The second-order valence-electron chi connectivity index (χ2n) is 6.54. The van der Waals surface area contributed by atoms with Crippen molar-refractivity contribution < 1.29 is 13.9 Å². The number of hydrogen-bond donors (Lipinski definition) is 1. The minimum atomic E-state index is -0.515. The summed E-state index contributed by atoms with van der Waals surface area (Å²) in [7, 11) is 1.60. The van der Waals surface area contributed by atoms with Crippen LogP contribution in [0.25, 0.3) is 17.1 Å². The number of rotatable bonds is 7. The number of halogens is 2. The first-order chi connectivity index (χ1) is 15.5. The highest BCUT2D eigenvalue weighted by Crippen LogP contribution is 2.29. The second kappa shape index (κ2) is 9.92. The van der Waals surface area contributed by atoms with Crippen LogP contribution in [0.3, 0.4) is 0 Å². The molecule has 0 fully saturated rings. The van der Waals surface area contributed by atoms with Gasteiger partial charge in [-0.3, -0.25) is 14.3 Å². The number of carbonyl (C=O) groups is 1. The van der Waals surface area contributed by atoms with Crippen LogP contribution in [0.2, 0.25) is 0 Å². The van der Waals surface area contributed by atoms with E-state index in [0.29, 0.717) is 15.5 Å². The molecule has 162 valence electrons. The molecule has 7 nitrogen and oxygen atoms in total. The van der Waals surface area contributed by atoms with Crippen LogP contribution < -0.4 is 10.1 Å². The summed E-state index contributed by atoms with van der Waals surface area (Å²) in [6, 6.07) is 15.6. The largest absolute Gasteiger partial charge is 0.497 e. The van der Waals surface area contributed by atoms with Gasteiger partial charge in [0, 0.05) is 28.1 Å². The molecule has 0 bridgehead atoms. The predicted octanol–water partition coefficient (Wildman–Crippen LogP) is 4.97. The molecule has 32 heavy (non-hydrogen) atoms. The van der Waals surface area contributed by atoms with Gasteiger partial charge in [0.2, 0.25) is 5.91 Å². The number of hydrogen-bond acceptors (Lipinski definition) is 6. The quantitative estimate of drug-likeness (QED) is 0.351. The third-order valence-corrected chi connectivity index (χ3v) is 5.86. The zero-order chi connectivity index (χ0) is 22.5. The molecule has 0 saturated heterocycles. The van der Waals surface area contributed by atoms with Crippen molar-refractivity contribution in [1.29, 1.82) is 0 Å². The molecule has 4 rings (SSSR count). The summed E-state index contributed by atoms with van der Waals surface area (Å²) in [6.45, 7) is 0. The maximum absolute atomic E-state index is 14.0. The Morgan fingerprint density at radius 3 is 2.56 bits per heavy atom. The summed E-state index contributed by atoms with van der Waals surface area (Å²) in [6.07, 6.45) is 3.35. The molecule has 0 spiro atoms. The molecule has 2 aromatic heterocycles. The number of aromatic nitrogens is 4. The topological polar surface area (TPSA) is 81.9 Å². The number of thioether (sulfide) groups is 1. The molecule has 2 aromatic carbocycles. The van der Waals surface area contributed by atoms with E-state index < -0.39 is 5.82 Å². The van der Waals surface area contributed by atoms with Crippen molar-refractivity contribution >= 4 is 39.3 Å². The van der Waals surface area contributed by atoms with Crippen molar-refractivity contribution in [3.63, 3.8) is 0 Å². The van der Waals surface area contributed by atoms with E-state index in [1.165, 1.54) is 23.9 Å². The van der Waals surface area contributed by atoms with E-state index in [1.54, 1.807) is 25.6 Å². The average molecular weight is 514 g/mol. The van der Waals surface area contributed by atoms with E-state index in [9.17, 15) is 9.18 Å². The smallest absolute Gasteiger partial charge is 0.234 e. The average Bonchev–Trinajstić information content (AvgIpc) is 3.24. The molecule has 10 heteroatoms. The van der Waals surface area contributed by atoms with Crippen molar-refractivity contribution in [3.8, 4) is 22.8 Å². The molecule has 0 radical (unpaired) electrons. The standard InChI is InChI=1S/C22H17BrFN5O2S/c1-31-17-5-3-16(4-6-17)29-21(14-8-10-25-11-9-14)27-28-22(29)32-13-20(30)26-19-7-2-15(23)12-18(19)24/h2-12H,13H2,1H3,(H,26,30). The molecule has 0 atom stereocenters. The molecule has 0 saturated carbocycles. The van der Waals surface area contributed by atoms with Crippen molar-refractivity contribution in [3.05, 3.63) is 77.3 Å². The van der Waals surface area contributed by atoms with Gasteiger partial charge in [-0.05, 0) is 54.6 Å². The van der Waals surface area contributed by atoms with Gasteiger partial charge in [0.05, 0.1) is 18.6 Å². The Bertz CT molecular complexity index is 1240. The Balaban J connectivity index is 1.59. The molecule has 1 amide bonds. The zero-order valence-electron chi connectivity index (χ0n) is 16.8. The Morgan fingerprint density at radius 2 is 1.88 bits per heavy atom. The zero-order valence-corrected chi connectivity index (χ0v) is 19.2. The summed E-state index contributed by atoms with van der Waals surface area (Å²) in [5, 5.41) is 11.7. The van der Waals surface area contributed by atoms with Crippen LogP contribution in [0.1, 0.15) is 0 Å². The Labute approximate surface area is 196 Å². The lowest BCUT2D eigenvalue weighted by molar-refractivity contribution is -0.113. The Hall–Kier alpha value is -3.24. The molecule has 2 heterocycles. The number of benzene rings is 2. The highest BCUT2D eigenvalue weighted by molar-refractivity contribution is 9.10. The summed E-state index contributed by atoms with van der Waals surface area (Å²) in [4.78, 5) is 16.5. The van der Waals surface area contributed by atoms with Crippen LogP contribution in [0.15, 0.2) is 76.6 Å². The van der Waals surface area contributed by atoms with Crippen molar-refractivity contribution in [1.82, 2.24) is 19.7 Å². The number of methoxy groups -OCH3 is 1. The fraction of sp³-hybridized carbons (Fsp3) is 0.0909. The van der Waals surface area contributed by atoms with Crippen LogP contribution in [-0.2, 0) is 4.79 Å². The van der Waals surface area contributed by atoms with Crippen LogP contribution >= 0.6 is 27.7 Å². The van der Waals surface area contributed by atoms with Gasteiger partial charge in [0.1, 0.15) is 11.6 Å². The summed E-state index contributed by atoms with van der Waals surface area (Å²) in [5.41, 5.74) is 1.76. The van der Waals surface area contributed by atoms with Crippen molar-refractivity contribution in [2.24, 2.45) is 0 Å². The van der Waals surface area contributed by atoms with Crippen LogP contribution in [0, 0.1) is 5.82 Å². The first kappa shape index (κ1) is 22.0. The van der Waals surface area contributed by atoms with Crippen LogP contribution in [0.5, 0.6) is 5.75 Å². The Kier molecular flexibility index (Phi) is 6.81. The molecule has 0 aliphatic rings. The molecule has 0 aliphatic heterocycles. The van der Waals surface area contributed by atoms with E-state index in [1.807, 2.05) is 41.0 Å². The van der Waals surface area contributed by atoms with Gasteiger partial charge in [0.25, 0.3) is 0 Å². The number of ether oxygens (including phenoxy) is 1. The van der Waals surface area contributed by atoms with E-state index in [4.69, 9.17) is 4.74 Å². The molecule has 4 aromatic rings. The maximum Gasteiger partial charge on any atom is 0.234 e. The van der Waals surface area contributed by atoms with Crippen molar-refractivity contribution in [2.45, 2.75) is 5.16 Å². The highest BCUT2D eigenvalue weighted by Gasteiger charge is 2.18. The predicted molar refractivity (Wildman–Crippen MR) is 125 cm³/mol. The number of pyridine rings is 1. The molecular formula is C22H17BrFN5O2S. The van der Waals surface area contributed by atoms with E-state index in [0.717, 1.165) is 17.0 Å². The lowest BCUT2D eigenvalue weighted by Crippen LogP contribution is -2.15. The van der Waals surface area contributed by atoms with Crippen molar-refractivity contribution in [2.75, 3.05) is 18.2 Å². The lowest BCUT2D eigenvalue weighted by Gasteiger charge is -2.11. The molecule has 0 unspecified atom stereocenters. The third-order valence-electron chi connectivity index (χ3n) is 4.44. The van der Waals surface area contributed by atoms with E-state index in [2.05, 4.69) is 36.4 Å². The number of anilines is 1. The van der Waals surface area contributed by atoms with E-state index in [-0.39, 0.29) is 17.3 Å². The highest BCUT2D eigenvalue weighted by atomic mass is 79.9. The number of nitrogens with one attached hydrogen (secondary N) is 1. The monoisotopic (exact) mass is 513 g/mol. The number of amides is 1. The summed E-state index contributed by atoms with van der Waals surface area (Å²) >= 11 is 4.40. The molecule has 0 aliphatic carbocycles. The van der Waals surface area contributed by atoms with Crippen LogP contribution in [-0.4, -0.2) is 38.5 Å². The second-order valence-corrected chi connectivity index (χ2v) is 8.39. The van der Waals surface area contributed by atoms with Gasteiger partial charge in [0.15, 0.2) is 11.0 Å². The molecular weight excluding hydrogens is 497 g/mol. The first-order valence-corrected chi connectivity index (χ1v) is 11.2. The minimum absolute atomic E-state index is 0.0279. The number of nitrogens with zero attached hydrogens (tertiary/aromatic N) is 4. The van der Waals surface area contributed by atoms with Gasteiger partial charge < -0.3 is 10.1 Å². The third kappa shape index (κ3) is 4.97. The fourth-order valence-electron chi connectivity index (χ4n) is 2.92. The van der Waals surface area contributed by atoms with Crippen LogP contribution in [0.4, 0.5) is 10.1 Å². The van der Waals surface area contributed by atoms with Gasteiger partial charge in [-0.15, -0.1) is 10.2 Å². The Morgan fingerprint density at radius 1 is 1.12 bits per heavy atom. The lowest BCUT2D eigenvalue weighted by atomic mass is 10.2. The number of carbonyl (C=O) groups excluding carboxylic acids is 1. The SMILES string of the molecule is COc1ccc(-n2c(SCC(=O)Nc3ccc(Br)cc3F)nnc2-c2ccncc2)cc1. The normalized spacial score (nSPS) is 10.7. The van der Waals surface area contributed by atoms with Gasteiger partial charge in [-0.25, -0.2) is 4.39 Å². The molecule has 1 N–H and O–H groups in total. The van der Waals surface area contributed by atoms with Gasteiger partial charge >= 0.3 is 0 Å². The summed E-state index contributed by atoms with van der Waals surface area (Å²) in [5.74, 6) is 0.488. The van der Waals surface area contributed by atoms with Gasteiger partial charge in [-0.1, -0.05) is 27.7 Å². The van der Waals surface area contributed by atoms with Gasteiger partial charge in [-0.2, -0.15) is 0 Å².